The van der Waals surface area contributed by atoms with Gasteiger partial charge in [-0.05, 0) is 49.2 Å². The van der Waals surface area contributed by atoms with Crippen LogP contribution in [0.1, 0.15) is 37.7 Å². The molecule has 0 aromatic heterocycles. The second-order valence-corrected chi connectivity index (χ2v) is 7.66. The summed E-state index contributed by atoms with van der Waals surface area (Å²) in [5, 5.41) is 10.4. The molecule has 1 aliphatic heterocycles. The van der Waals surface area contributed by atoms with Crippen molar-refractivity contribution in [1.29, 1.82) is 0 Å². The number of anilines is 1. The first-order valence-corrected chi connectivity index (χ1v) is 9.94. The van der Waals surface area contributed by atoms with Crippen LogP contribution in [0.3, 0.4) is 0 Å². The number of carboxylic acid groups (broad SMARTS) is 1. The third kappa shape index (κ3) is 5.53. The van der Waals surface area contributed by atoms with Crippen LogP contribution in [0.2, 0.25) is 10.0 Å². The number of rotatable bonds is 6. The number of carbonyl (C=O) groups is 1. The fourth-order valence-corrected chi connectivity index (χ4v) is 3.93. The number of hydrogen-bond donors (Lipinski definition) is 1. The lowest BCUT2D eigenvalue weighted by Crippen LogP contribution is -2.36. The molecule has 1 N–H and O–H groups in total. The highest BCUT2D eigenvalue weighted by atomic mass is 35.5. The van der Waals surface area contributed by atoms with Crippen LogP contribution >= 0.6 is 23.2 Å². The number of benzene rings is 2. The van der Waals surface area contributed by atoms with Gasteiger partial charge in [-0.1, -0.05) is 42.1 Å². The summed E-state index contributed by atoms with van der Waals surface area (Å²) in [6.07, 6.45) is 4.41. The van der Waals surface area contributed by atoms with Crippen LogP contribution in [-0.4, -0.2) is 23.7 Å². The van der Waals surface area contributed by atoms with Crippen molar-refractivity contribution in [3.63, 3.8) is 0 Å². The molecule has 0 saturated carbocycles. The number of nitrogens with zero attached hydrogens (tertiary/aromatic N) is 1. The van der Waals surface area contributed by atoms with Crippen molar-refractivity contribution in [2.75, 3.05) is 11.4 Å². The molecule has 1 fully saturated rings. The molecule has 2 aromatic rings. The van der Waals surface area contributed by atoms with Crippen LogP contribution in [0.4, 0.5) is 5.69 Å². The van der Waals surface area contributed by atoms with Gasteiger partial charge in [0.05, 0.1) is 6.42 Å². The molecule has 144 valence electrons. The number of hydrogen-bond acceptors (Lipinski definition) is 3. The molecule has 6 heteroatoms. The van der Waals surface area contributed by atoms with Gasteiger partial charge in [0.15, 0.2) is 0 Å². The van der Waals surface area contributed by atoms with E-state index in [4.69, 9.17) is 27.9 Å². The van der Waals surface area contributed by atoms with Crippen LogP contribution in [0, 0.1) is 0 Å². The van der Waals surface area contributed by atoms with E-state index in [-0.39, 0.29) is 12.5 Å². The Balaban J connectivity index is 1.67. The smallest absolute Gasteiger partial charge is 0.305 e. The number of carboxylic acids is 1. The summed E-state index contributed by atoms with van der Waals surface area (Å²) in [7, 11) is 0. The molecule has 0 aliphatic carbocycles. The lowest BCUT2D eigenvalue weighted by molar-refractivity contribution is -0.137. The van der Waals surface area contributed by atoms with E-state index in [0.29, 0.717) is 16.7 Å². The molecule has 0 radical (unpaired) electrons. The van der Waals surface area contributed by atoms with Crippen LogP contribution in [0.15, 0.2) is 42.5 Å². The largest absolute Gasteiger partial charge is 0.489 e. The van der Waals surface area contributed by atoms with E-state index in [0.717, 1.165) is 49.2 Å². The van der Waals surface area contributed by atoms with E-state index in [2.05, 4.69) is 4.90 Å². The minimum atomic E-state index is -0.744. The average molecular weight is 408 g/mol. The van der Waals surface area contributed by atoms with E-state index in [1.54, 1.807) is 12.1 Å². The summed E-state index contributed by atoms with van der Waals surface area (Å²) in [5.41, 5.74) is 1.92. The van der Waals surface area contributed by atoms with Gasteiger partial charge in [-0.3, -0.25) is 4.79 Å². The fraction of sp³-hybridized carbons (Fsp3) is 0.381. The van der Waals surface area contributed by atoms with Gasteiger partial charge in [0.1, 0.15) is 12.4 Å². The molecular formula is C21H23Cl2NO3. The van der Waals surface area contributed by atoms with Crippen LogP contribution in [0.25, 0.3) is 0 Å². The van der Waals surface area contributed by atoms with E-state index in [1.807, 2.05) is 30.3 Å². The second kappa shape index (κ2) is 9.34. The second-order valence-electron chi connectivity index (χ2n) is 6.81. The summed E-state index contributed by atoms with van der Waals surface area (Å²) in [6, 6.07) is 13.2. The molecule has 1 atom stereocenters. The molecule has 4 nitrogen and oxygen atoms in total. The lowest BCUT2D eigenvalue weighted by atomic mass is 10.1. The normalized spacial score (nSPS) is 17.4. The minimum Gasteiger partial charge on any atom is -0.489 e. The summed E-state index contributed by atoms with van der Waals surface area (Å²) >= 11 is 12.1. The van der Waals surface area contributed by atoms with Crippen LogP contribution < -0.4 is 9.64 Å². The van der Waals surface area contributed by atoms with Crippen LogP contribution in [-0.2, 0) is 11.4 Å². The third-order valence-corrected chi connectivity index (χ3v) is 5.45. The average Bonchev–Trinajstić information content (AvgIpc) is 2.86. The van der Waals surface area contributed by atoms with Crippen molar-refractivity contribution < 1.29 is 14.6 Å². The molecule has 0 bridgehead atoms. The van der Waals surface area contributed by atoms with Gasteiger partial charge in [-0.2, -0.15) is 0 Å². The van der Waals surface area contributed by atoms with Crippen molar-refractivity contribution in [3.05, 3.63) is 58.1 Å². The Kier molecular flexibility index (Phi) is 6.86. The maximum absolute atomic E-state index is 11.2. The number of ether oxygens (including phenoxy) is 1. The Labute approximate surface area is 169 Å². The topological polar surface area (TPSA) is 49.8 Å². The predicted molar refractivity (Wildman–Crippen MR) is 109 cm³/mol. The zero-order valence-corrected chi connectivity index (χ0v) is 16.5. The molecule has 0 amide bonds. The van der Waals surface area contributed by atoms with Gasteiger partial charge in [-0.25, -0.2) is 0 Å². The van der Waals surface area contributed by atoms with Gasteiger partial charge in [0, 0.05) is 33.9 Å². The summed E-state index contributed by atoms with van der Waals surface area (Å²) in [4.78, 5) is 13.4. The van der Waals surface area contributed by atoms with E-state index < -0.39 is 5.97 Å². The Morgan fingerprint density at radius 1 is 1.11 bits per heavy atom. The first kappa shape index (κ1) is 19.8. The third-order valence-electron chi connectivity index (χ3n) is 4.87. The fourth-order valence-electron chi connectivity index (χ4n) is 3.46. The zero-order chi connectivity index (χ0) is 19.2. The SMILES string of the molecule is O=C(O)CC1CCCCCN1c1ccc(OCc2ccc(Cl)cc2Cl)cc1. The van der Waals surface area contributed by atoms with Crippen molar-refractivity contribution in [1.82, 2.24) is 0 Å². The molecule has 2 aromatic carbocycles. The van der Waals surface area contributed by atoms with Gasteiger partial charge in [-0.15, -0.1) is 0 Å². The van der Waals surface area contributed by atoms with Crippen molar-refractivity contribution >= 4 is 34.9 Å². The van der Waals surface area contributed by atoms with Gasteiger partial charge in [0.25, 0.3) is 0 Å². The Bertz CT molecular complexity index is 779. The monoisotopic (exact) mass is 407 g/mol. The van der Waals surface area contributed by atoms with E-state index >= 15 is 0 Å². The minimum absolute atomic E-state index is 0.0460. The predicted octanol–water partition coefficient (Wildman–Crippen LogP) is 5.80. The molecule has 3 rings (SSSR count). The van der Waals surface area contributed by atoms with Gasteiger partial charge >= 0.3 is 5.97 Å². The lowest BCUT2D eigenvalue weighted by Gasteiger charge is -2.31. The Morgan fingerprint density at radius 2 is 1.89 bits per heavy atom. The standard InChI is InChI=1S/C21H23Cl2NO3/c22-16-6-5-15(20(23)12-16)14-27-19-9-7-17(8-10-19)24-11-3-1-2-4-18(24)13-21(25)26/h5-10,12,18H,1-4,11,13-14H2,(H,25,26). The summed E-state index contributed by atoms with van der Waals surface area (Å²) < 4.78 is 5.83. The summed E-state index contributed by atoms with van der Waals surface area (Å²) in [5.74, 6) is 0.000991. The zero-order valence-electron chi connectivity index (χ0n) is 15.0. The first-order valence-electron chi connectivity index (χ1n) is 9.18. The summed E-state index contributed by atoms with van der Waals surface area (Å²) in [6.45, 7) is 1.25. The highest BCUT2D eigenvalue weighted by Crippen LogP contribution is 2.28. The van der Waals surface area contributed by atoms with Gasteiger partial charge < -0.3 is 14.7 Å². The van der Waals surface area contributed by atoms with E-state index in [9.17, 15) is 9.90 Å². The molecular weight excluding hydrogens is 385 g/mol. The highest BCUT2D eigenvalue weighted by Gasteiger charge is 2.23. The van der Waals surface area contributed by atoms with Crippen molar-refractivity contribution in [3.8, 4) is 5.75 Å². The quantitative estimate of drug-likeness (QED) is 0.657. The Hall–Kier alpha value is -1.91. The maximum Gasteiger partial charge on any atom is 0.305 e. The Morgan fingerprint density at radius 3 is 2.59 bits per heavy atom. The maximum atomic E-state index is 11.2. The van der Waals surface area contributed by atoms with Crippen molar-refractivity contribution in [2.45, 2.75) is 44.8 Å². The molecule has 1 aliphatic rings. The number of aliphatic carboxylic acids is 1. The van der Waals surface area contributed by atoms with Crippen LogP contribution in [0.5, 0.6) is 5.75 Å². The first-order chi connectivity index (χ1) is 13.0. The van der Waals surface area contributed by atoms with Crippen molar-refractivity contribution in [2.24, 2.45) is 0 Å². The number of halogens is 2. The van der Waals surface area contributed by atoms with Gasteiger partial charge in [0.2, 0.25) is 0 Å². The molecule has 0 spiro atoms. The molecule has 27 heavy (non-hydrogen) atoms. The molecule has 1 heterocycles. The molecule has 1 unspecified atom stereocenters. The van der Waals surface area contributed by atoms with E-state index in [1.165, 1.54) is 0 Å². The highest BCUT2D eigenvalue weighted by molar-refractivity contribution is 6.35. The molecule has 1 saturated heterocycles.